The highest BCUT2D eigenvalue weighted by Gasteiger charge is 2.20. The standard InChI is InChI=1S/C17H15N5O2/c1-8-5-13(16(18)23)21-15(8)10-3-4-12-11(6-10)7-14(20-12)17-19-9(2)22-24-17/h3-4,6-7,20H,5H2,1-2H3,(H2,18,23). The van der Waals surface area contributed by atoms with Crippen LogP contribution in [0.2, 0.25) is 0 Å². The van der Waals surface area contributed by atoms with Crippen molar-refractivity contribution < 1.29 is 9.32 Å². The predicted octanol–water partition coefficient (Wildman–Crippen LogP) is 2.59. The van der Waals surface area contributed by atoms with Crippen LogP contribution >= 0.6 is 0 Å². The number of nitrogens with one attached hydrogen (secondary N) is 1. The number of H-pyrrole nitrogens is 1. The number of amides is 1. The van der Waals surface area contributed by atoms with Crippen LogP contribution in [0.25, 0.3) is 28.2 Å². The second-order valence-corrected chi connectivity index (χ2v) is 5.86. The fraction of sp³-hybridized carbons (Fsp3) is 0.176. The van der Waals surface area contributed by atoms with Crippen LogP contribution in [0.4, 0.5) is 0 Å². The normalized spacial score (nSPS) is 14.5. The average molecular weight is 321 g/mol. The summed E-state index contributed by atoms with van der Waals surface area (Å²) in [7, 11) is 0. The molecule has 24 heavy (non-hydrogen) atoms. The van der Waals surface area contributed by atoms with Gasteiger partial charge in [-0.1, -0.05) is 11.2 Å². The number of nitrogens with two attached hydrogens (primary N) is 1. The molecule has 1 aromatic carbocycles. The molecule has 3 N–H and O–H groups in total. The number of allylic oxidation sites excluding steroid dienone is 1. The third kappa shape index (κ3) is 2.30. The zero-order valence-electron chi connectivity index (χ0n) is 13.3. The Labute approximate surface area is 137 Å². The van der Waals surface area contributed by atoms with Gasteiger partial charge in [-0.15, -0.1) is 0 Å². The van der Waals surface area contributed by atoms with E-state index in [-0.39, 0.29) is 0 Å². The van der Waals surface area contributed by atoms with E-state index in [4.69, 9.17) is 10.3 Å². The Bertz CT molecular complexity index is 1040. The van der Waals surface area contributed by atoms with E-state index in [2.05, 4.69) is 20.1 Å². The summed E-state index contributed by atoms with van der Waals surface area (Å²) >= 11 is 0. The number of benzene rings is 1. The molecule has 3 heterocycles. The lowest BCUT2D eigenvalue weighted by atomic mass is 10.1. The molecule has 0 saturated carbocycles. The molecule has 1 aliphatic rings. The number of hydrogen-bond donors (Lipinski definition) is 2. The van der Waals surface area contributed by atoms with Crippen LogP contribution in [-0.2, 0) is 4.79 Å². The topological polar surface area (TPSA) is 110 Å². The summed E-state index contributed by atoms with van der Waals surface area (Å²) in [6.45, 7) is 3.74. The zero-order valence-corrected chi connectivity index (χ0v) is 13.3. The lowest BCUT2D eigenvalue weighted by Gasteiger charge is -2.01. The fourth-order valence-electron chi connectivity index (χ4n) is 2.86. The zero-order chi connectivity index (χ0) is 16.8. The monoisotopic (exact) mass is 321 g/mol. The van der Waals surface area contributed by atoms with Crippen molar-refractivity contribution in [1.29, 1.82) is 0 Å². The Morgan fingerprint density at radius 2 is 2.12 bits per heavy atom. The van der Waals surface area contributed by atoms with Crippen molar-refractivity contribution in [2.75, 3.05) is 0 Å². The number of carbonyl (C=O) groups excluding carboxylic acids is 1. The Kier molecular flexibility index (Phi) is 3.09. The van der Waals surface area contributed by atoms with Gasteiger partial charge in [-0.3, -0.25) is 4.79 Å². The molecule has 2 aromatic heterocycles. The van der Waals surface area contributed by atoms with Crippen molar-refractivity contribution in [1.82, 2.24) is 15.1 Å². The first kappa shape index (κ1) is 14.4. The van der Waals surface area contributed by atoms with E-state index in [1.165, 1.54) is 0 Å². The van der Waals surface area contributed by atoms with E-state index in [1.54, 1.807) is 6.92 Å². The van der Waals surface area contributed by atoms with Crippen LogP contribution in [0.3, 0.4) is 0 Å². The summed E-state index contributed by atoms with van der Waals surface area (Å²) in [6.07, 6.45) is 0.502. The number of carbonyl (C=O) groups is 1. The molecule has 0 spiro atoms. The maximum absolute atomic E-state index is 11.3. The molecule has 120 valence electrons. The molecule has 0 saturated heterocycles. The van der Waals surface area contributed by atoms with E-state index in [0.717, 1.165) is 33.4 Å². The summed E-state index contributed by atoms with van der Waals surface area (Å²) < 4.78 is 5.19. The molecule has 0 unspecified atom stereocenters. The van der Waals surface area contributed by atoms with Gasteiger partial charge in [-0.05, 0) is 37.6 Å². The highest BCUT2D eigenvalue weighted by Crippen LogP contribution is 2.31. The van der Waals surface area contributed by atoms with Crippen molar-refractivity contribution >= 4 is 28.2 Å². The molecule has 4 rings (SSSR count). The first-order valence-electron chi connectivity index (χ1n) is 7.52. The Balaban J connectivity index is 1.76. The number of primary amides is 1. The van der Waals surface area contributed by atoms with E-state index < -0.39 is 5.91 Å². The van der Waals surface area contributed by atoms with Gasteiger partial charge in [0.15, 0.2) is 5.82 Å². The molecule has 0 atom stereocenters. The van der Waals surface area contributed by atoms with E-state index >= 15 is 0 Å². The van der Waals surface area contributed by atoms with Crippen LogP contribution in [0.5, 0.6) is 0 Å². The number of hydrogen-bond acceptors (Lipinski definition) is 5. The third-order valence-corrected chi connectivity index (χ3v) is 4.02. The molecular weight excluding hydrogens is 306 g/mol. The van der Waals surface area contributed by atoms with Crippen LogP contribution in [0.1, 0.15) is 24.7 Å². The quantitative estimate of drug-likeness (QED) is 0.772. The third-order valence-electron chi connectivity index (χ3n) is 4.02. The van der Waals surface area contributed by atoms with Crippen molar-refractivity contribution in [3.8, 4) is 11.6 Å². The highest BCUT2D eigenvalue weighted by atomic mass is 16.5. The maximum Gasteiger partial charge on any atom is 0.274 e. The summed E-state index contributed by atoms with van der Waals surface area (Å²) in [5.41, 5.74) is 10.2. The van der Waals surface area contributed by atoms with Gasteiger partial charge < -0.3 is 15.2 Å². The molecule has 0 bridgehead atoms. The first-order valence-corrected chi connectivity index (χ1v) is 7.52. The Hall–Kier alpha value is -3.22. The fourth-order valence-corrected chi connectivity index (χ4v) is 2.86. The number of rotatable bonds is 3. The summed E-state index contributed by atoms with van der Waals surface area (Å²) in [5, 5.41) is 4.80. The van der Waals surface area contributed by atoms with Crippen molar-refractivity contribution in [2.45, 2.75) is 20.3 Å². The Morgan fingerprint density at radius 3 is 2.79 bits per heavy atom. The predicted molar refractivity (Wildman–Crippen MR) is 90.2 cm³/mol. The number of fused-ring (bicyclic) bond motifs is 1. The number of nitrogens with zero attached hydrogens (tertiary/aromatic N) is 3. The lowest BCUT2D eigenvalue weighted by Crippen LogP contribution is -2.21. The van der Waals surface area contributed by atoms with E-state index in [0.29, 0.717) is 23.8 Å². The van der Waals surface area contributed by atoms with E-state index in [1.807, 2.05) is 31.2 Å². The minimum Gasteiger partial charge on any atom is -0.365 e. The minimum atomic E-state index is -0.471. The molecule has 7 heteroatoms. The minimum absolute atomic E-state index is 0.402. The molecular formula is C17H15N5O2. The van der Waals surface area contributed by atoms with Crippen LogP contribution < -0.4 is 5.73 Å². The molecule has 7 nitrogen and oxygen atoms in total. The molecule has 1 amide bonds. The van der Waals surface area contributed by atoms with Crippen molar-refractivity contribution in [3.63, 3.8) is 0 Å². The van der Waals surface area contributed by atoms with E-state index in [9.17, 15) is 4.79 Å². The number of aromatic amines is 1. The molecule has 0 aliphatic carbocycles. The molecule has 1 aliphatic heterocycles. The van der Waals surface area contributed by atoms with Gasteiger partial charge in [0.2, 0.25) is 0 Å². The van der Waals surface area contributed by atoms with Gasteiger partial charge in [0.1, 0.15) is 11.4 Å². The van der Waals surface area contributed by atoms with Crippen LogP contribution in [-0.4, -0.2) is 26.7 Å². The lowest BCUT2D eigenvalue weighted by molar-refractivity contribution is -0.112. The number of aromatic nitrogens is 3. The van der Waals surface area contributed by atoms with Gasteiger partial charge in [0.05, 0.1) is 5.70 Å². The van der Waals surface area contributed by atoms with Crippen molar-refractivity contribution in [3.05, 3.63) is 41.2 Å². The SMILES string of the molecule is CC1=C(c2ccc3[nH]c(-c4nc(C)no4)cc3c2)N=C(C(N)=O)C1. The van der Waals surface area contributed by atoms with Crippen LogP contribution in [0.15, 0.2) is 39.4 Å². The summed E-state index contributed by atoms with van der Waals surface area (Å²) in [6, 6.07) is 7.91. The number of aryl methyl sites for hydroxylation is 1. The smallest absolute Gasteiger partial charge is 0.274 e. The molecule has 0 fully saturated rings. The second-order valence-electron chi connectivity index (χ2n) is 5.86. The van der Waals surface area contributed by atoms with Gasteiger partial charge >= 0.3 is 0 Å². The number of aliphatic imine (C=N–C) groups is 1. The van der Waals surface area contributed by atoms with Crippen LogP contribution in [0, 0.1) is 6.92 Å². The van der Waals surface area contributed by atoms with Crippen molar-refractivity contribution in [2.24, 2.45) is 10.7 Å². The Morgan fingerprint density at radius 1 is 1.29 bits per heavy atom. The molecule has 3 aromatic rings. The summed E-state index contributed by atoms with van der Waals surface area (Å²) in [5.74, 6) is 0.570. The van der Waals surface area contributed by atoms with Gasteiger partial charge in [-0.25, -0.2) is 4.99 Å². The second kappa shape index (κ2) is 5.16. The summed E-state index contributed by atoms with van der Waals surface area (Å²) in [4.78, 5) is 23.2. The molecule has 0 radical (unpaired) electrons. The van der Waals surface area contributed by atoms with Gasteiger partial charge in [0, 0.05) is 22.9 Å². The average Bonchev–Trinajstić information content (AvgIpc) is 3.23. The van der Waals surface area contributed by atoms with Gasteiger partial charge in [-0.2, -0.15) is 4.98 Å². The first-order chi connectivity index (χ1) is 11.5. The highest BCUT2D eigenvalue weighted by molar-refractivity contribution is 6.40. The maximum atomic E-state index is 11.3. The largest absolute Gasteiger partial charge is 0.365 e. The van der Waals surface area contributed by atoms with Gasteiger partial charge in [0.25, 0.3) is 11.8 Å².